The molecule has 0 fully saturated rings. The standard InChI is InChI=1S/C19H20N2O3/c1-14-7-9-16(10-8-14)11-12-19(22)20(3)15(2)17-5-4-6-18(13-17)21(23)24/h4-13,15H,1-3H3/b12-11+/t15-/m0/s1. The predicted octanol–water partition coefficient (Wildman–Crippen LogP) is 4.14. The first kappa shape index (κ1) is 17.4. The van der Waals surface area contributed by atoms with Crippen molar-refractivity contribution in [1.82, 2.24) is 4.90 Å². The molecule has 0 saturated carbocycles. The summed E-state index contributed by atoms with van der Waals surface area (Å²) < 4.78 is 0. The molecule has 0 unspecified atom stereocenters. The van der Waals surface area contributed by atoms with E-state index >= 15 is 0 Å². The molecule has 5 nitrogen and oxygen atoms in total. The summed E-state index contributed by atoms with van der Waals surface area (Å²) in [5.41, 5.74) is 2.86. The third-order valence-electron chi connectivity index (χ3n) is 3.99. The first-order chi connectivity index (χ1) is 11.4. The van der Waals surface area contributed by atoms with Crippen LogP contribution in [0.25, 0.3) is 6.08 Å². The summed E-state index contributed by atoms with van der Waals surface area (Å²) in [6, 6.07) is 14.0. The highest BCUT2D eigenvalue weighted by molar-refractivity contribution is 5.91. The summed E-state index contributed by atoms with van der Waals surface area (Å²) in [7, 11) is 1.69. The third-order valence-corrected chi connectivity index (χ3v) is 3.99. The van der Waals surface area contributed by atoms with E-state index in [4.69, 9.17) is 0 Å². The van der Waals surface area contributed by atoms with Crippen LogP contribution in [-0.2, 0) is 4.79 Å². The lowest BCUT2D eigenvalue weighted by molar-refractivity contribution is -0.384. The molecule has 0 aliphatic rings. The number of non-ortho nitro benzene ring substituents is 1. The van der Waals surface area contributed by atoms with Crippen molar-refractivity contribution < 1.29 is 9.72 Å². The van der Waals surface area contributed by atoms with Crippen LogP contribution in [-0.4, -0.2) is 22.8 Å². The van der Waals surface area contributed by atoms with E-state index < -0.39 is 4.92 Å². The maximum Gasteiger partial charge on any atom is 0.269 e. The van der Waals surface area contributed by atoms with E-state index in [2.05, 4.69) is 0 Å². The third kappa shape index (κ3) is 4.29. The molecule has 2 aromatic carbocycles. The molecule has 0 heterocycles. The van der Waals surface area contributed by atoms with Crippen LogP contribution in [0.1, 0.15) is 29.7 Å². The minimum absolute atomic E-state index is 0.0235. The smallest absolute Gasteiger partial charge is 0.269 e. The number of hydrogen-bond donors (Lipinski definition) is 0. The molecule has 5 heteroatoms. The van der Waals surface area contributed by atoms with Crippen molar-refractivity contribution in [2.75, 3.05) is 7.05 Å². The molecule has 0 aliphatic heterocycles. The Morgan fingerprint density at radius 2 is 1.88 bits per heavy atom. The summed E-state index contributed by atoms with van der Waals surface area (Å²) in [6.45, 7) is 3.85. The van der Waals surface area contributed by atoms with Gasteiger partial charge in [-0.3, -0.25) is 14.9 Å². The highest BCUT2D eigenvalue weighted by atomic mass is 16.6. The van der Waals surface area contributed by atoms with E-state index in [-0.39, 0.29) is 17.6 Å². The summed E-state index contributed by atoms with van der Waals surface area (Å²) in [5, 5.41) is 10.9. The van der Waals surface area contributed by atoms with E-state index in [1.54, 1.807) is 30.2 Å². The molecule has 1 amide bonds. The van der Waals surface area contributed by atoms with Gasteiger partial charge in [0.15, 0.2) is 0 Å². The minimum atomic E-state index is -0.435. The van der Waals surface area contributed by atoms with Gasteiger partial charge in [-0.2, -0.15) is 0 Å². The van der Waals surface area contributed by atoms with Crippen molar-refractivity contribution in [1.29, 1.82) is 0 Å². The molecule has 0 aliphatic carbocycles. The highest BCUT2D eigenvalue weighted by Gasteiger charge is 2.17. The molecular formula is C19H20N2O3. The Labute approximate surface area is 141 Å². The fourth-order valence-corrected chi connectivity index (χ4v) is 2.28. The van der Waals surface area contributed by atoms with Gasteiger partial charge in [-0.1, -0.05) is 42.0 Å². The Hall–Kier alpha value is -2.95. The van der Waals surface area contributed by atoms with E-state index in [1.807, 2.05) is 38.1 Å². The topological polar surface area (TPSA) is 63.5 Å². The number of amides is 1. The van der Waals surface area contributed by atoms with Gasteiger partial charge in [-0.05, 0) is 31.1 Å². The molecule has 24 heavy (non-hydrogen) atoms. The van der Waals surface area contributed by atoms with Crippen molar-refractivity contribution in [3.05, 3.63) is 81.4 Å². The van der Waals surface area contributed by atoms with Crippen LogP contribution in [0.2, 0.25) is 0 Å². The lowest BCUT2D eigenvalue weighted by Crippen LogP contribution is -2.28. The second-order valence-corrected chi connectivity index (χ2v) is 5.72. The Morgan fingerprint density at radius 1 is 1.21 bits per heavy atom. The Bertz CT molecular complexity index is 766. The molecule has 0 radical (unpaired) electrons. The van der Waals surface area contributed by atoms with Gasteiger partial charge in [-0.15, -0.1) is 0 Å². The van der Waals surface area contributed by atoms with E-state index in [0.29, 0.717) is 0 Å². The number of nitro groups is 1. The molecule has 0 aromatic heterocycles. The molecule has 0 bridgehead atoms. The normalized spacial score (nSPS) is 12.1. The minimum Gasteiger partial charge on any atom is -0.335 e. The summed E-state index contributed by atoms with van der Waals surface area (Å²) in [4.78, 5) is 24.3. The zero-order chi connectivity index (χ0) is 17.7. The van der Waals surface area contributed by atoms with Gasteiger partial charge in [0.25, 0.3) is 5.69 Å². The van der Waals surface area contributed by atoms with Crippen LogP contribution in [0.4, 0.5) is 5.69 Å². The van der Waals surface area contributed by atoms with Gasteiger partial charge >= 0.3 is 0 Å². The zero-order valence-corrected chi connectivity index (χ0v) is 14.0. The number of likely N-dealkylation sites (N-methyl/N-ethyl adjacent to an activating group) is 1. The zero-order valence-electron chi connectivity index (χ0n) is 14.0. The molecule has 124 valence electrons. The molecule has 0 saturated heterocycles. The number of hydrogen-bond acceptors (Lipinski definition) is 3. The Morgan fingerprint density at radius 3 is 2.50 bits per heavy atom. The van der Waals surface area contributed by atoms with Crippen LogP contribution in [0, 0.1) is 17.0 Å². The Balaban J connectivity index is 2.10. The van der Waals surface area contributed by atoms with Crippen molar-refractivity contribution in [3.8, 4) is 0 Å². The number of nitro benzene ring substituents is 1. The number of nitrogens with zero attached hydrogens (tertiary/aromatic N) is 2. The fraction of sp³-hybridized carbons (Fsp3) is 0.211. The maximum atomic E-state index is 12.3. The second-order valence-electron chi connectivity index (χ2n) is 5.72. The SMILES string of the molecule is Cc1ccc(/C=C/C(=O)N(C)[C@@H](C)c2cccc([N+](=O)[O-])c2)cc1. The quantitative estimate of drug-likeness (QED) is 0.472. The van der Waals surface area contributed by atoms with Gasteiger partial charge < -0.3 is 4.90 Å². The van der Waals surface area contributed by atoms with E-state index in [9.17, 15) is 14.9 Å². The van der Waals surface area contributed by atoms with Crippen LogP contribution >= 0.6 is 0 Å². The molecular weight excluding hydrogens is 304 g/mol. The molecule has 1 atom stereocenters. The van der Waals surface area contributed by atoms with Crippen LogP contribution in [0.15, 0.2) is 54.6 Å². The number of benzene rings is 2. The van der Waals surface area contributed by atoms with E-state index in [0.717, 1.165) is 16.7 Å². The lowest BCUT2D eigenvalue weighted by atomic mass is 10.1. The molecule has 0 spiro atoms. The van der Waals surface area contributed by atoms with Crippen LogP contribution in [0.5, 0.6) is 0 Å². The van der Waals surface area contributed by atoms with Gasteiger partial charge in [0.05, 0.1) is 11.0 Å². The molecule has 2 rings (SSSR count). The number of carbonyl (C=O) groups is 1. The van der Waals surface area contributed by atoms with Crippen molar-refractivity contribution in [2.24, 2.45) is 0 Å². The molecule has 0 N–H and O–H groups in total. The first-order valence-electron chi connectivity index (χ1n) is 7.64. The lowest BCUT2D eigenvalue weighted by Gasteiger charge is -2.24. The average Bonchev–Trinajstić information content (AvgIpc) is 2.59. The van der Waals surface area contributed by atoms with Crippen molar-refractivity contribution in [2.45, 2.75) is 19.9 Å². The van der Waals surface area contributed by atoms with Gasteiger partial charge in [0.1, 0.15) is 0 Å². The maximum absolute atomic E-state index is 12.3. The van der Waals surface area contributed by atoms with Crippen LogP contribution < -0.4 is 0 Å². The van der Waals surface area contributed by atoms with Gasteiger partial charge in [0.2, 0.25) is 5.91 Å². The Kier molecular flexibility index (Phi) is 5.47. The van der Waals surface area contributed by atoms with Crippen LogP contribution in [0.3, 0.4) is 0 Å². The highest BCUT2D eigenvalue weighted by Crippen LogP contribution is 2.23. The molecule has 2 aromatic rings. The average molecular weight is 324 g/mol. The second kappa shape index (κ2) is 7.55. The number of rotatable bonds is 5. The first-order valence-corrected chi connectivity index (χ1v) is 7.64. The number of carbonyl (C=O) groups excluding carboxylic acids is 1. The van der Waals surface area contributed by atoms with E-state index in [1.165, 1.54) is 18.2 Å². The summed E-state index contributed by atoms with van der Waals surface area (Å²) in [6.07, 6.45) is 3.27. The van der Waals surface area contributed by atoms with Crippen molar-refractivity contribution >= 4 is 17.7 Å². The largest absolute Gasteiger partial charge is 0.335 e. The van der Waals surface area contributed by atoms with Gasteiger partial charge in [-0.25, -0.2) is 0 Å². The predicted molar refractivity (Wildman–Crippen MR) is 94.5 cm³/mol. The number of aryl methyl sites for hydroxylation is 1. The van der Waals surface area contributed by atoms with Crippen molar-refractivity contribution in [3.63, 3.8) is 0 Å². The van der Waals surface area contributed by atoms with Gasteiger partial charge in [0, 0.05) is 25.3 Å². The monoisotopic (exact) mass is 324 g/mol. The summed E-state index contributed by atoms with van der Waals surface area (Å²) in [5.74, 6) is -0.158. The summed E-state index contributed by atoms with van der Waals surface area (Å²) >= 11 is 0. The fourth-order valence-electron chi connectivity index (χ4n) is 2.28.